The van der Waals surface area contributed by atoms with Gasteiger partial charge in [0.1, 0.15) is 5.75 Å². The highest BCUT2D eigenvalue weighted by Gasteiger charge is 2.09. The van der Waals surface area contributed by atoms with Gasteiger partial charge in [-0.05, 0) is 48.9 Å². The Balaban J connectivity index is 1.72. The Morgan fingerprint density at radius 1 is 1.12 bits per heavy atom. The van der Waals surface area contributed by atoms with Crippen molar-refractivity contribution in [3.05, 3.63) is 68.4 Å². The first-order chi connectivity index (χ1) is 12.5. The summed E-state index contributed by atoms with van der Waals surface area (Å²) in [5, 5.41) is 4.38. The van der Waals surface area contributed by atoms with Crippen LogP contribution in [0, 0.1) is 0 Å². The highest BCUT2D eigenvalue weighted by molar-refractivity contribution is 6.42. The molecule has 0 atom stereocenters. The molecule has 2 aromatic carbocycles. The minimum atomic E-state index is -0.214. The van der Waals surface area contributed by atoms with Crippen LogP contribution in [0.1, 0.15) is 12.0 Å². The van der Waals surface area contributed by atoms with Gasteiger partial charge in [0.15, 0.2) is 0 Å². The monoisotopic (exact) mass is 390 g/mol. The fourth-order valence-electron chi connectivity index (χ4n) is 2.59. The molecule has 5 nitrogen and oxygen atoms in total. The van der Waals surface area contributed by atoms with E-state index in [1.807, 2.05) is 6.07 Å². The van der Waals surface area contributed by atoms with Crippen molar-refractivity contribution in [2.24, 2.45) is 0 Å². The zero-order valence-electron chi connectivity index (χ0n) is 13.9. The number of carbonyl (C=O) groups is 1. The van der Waals surface area contributed by atoms with Crippen molar-refractivity contribution in [3.8, 4) is 5.75 Å². The lowest BCUT2D eigenvalue weighted by molar-refractivity contribution is -0.116. The number of H-pyrrole nitrogens is 1. The van der Waals surface area contributed by atoms with Gasteiger partial charge in [-0.3, -0.25) is 9.59 Å². The van der Waals surface area contributed by atoms with Gasteiger partial charge in [-0.2, -0.15) is 0 Å². The van der Waals surface area contributed by atoms with Crippen LogP contribution in [-0.2, 0) is 11.2 Å². The molecule has 134 valence electrons. The number of hydrogen-bond acceptors (Lipinski definition) is 3. The molecule has 0 radical (unpaired) electrons. The number of nitrogens with one attached hydrogen (secondary N) is 2. The molecule has 1 amide bonds. The van der Waals surface area contributed by atoms with E-state index < -0.39 is 0 Å². The number of halogens is 2. The Bertz CT molecular complexity index is 1030. The quantitative estimate of drug-likeness (QED) is 0.677. The van der Waals surface area contributed by atoms with E-state index in [0.717, 1.165) is 10.9 Å². The Hall–Kier alpha value is -2.50. The van der Waals surface area contributed by atoms with Crippen molar-refractivity contribution in [2.75, 3.05) is 12.4 Å². The van der Waals surface area contributed by atoms with E-state index in [4.69, 9.17) is 27.9 Å². The van der Waals surface area contributed by atoms with Gasteiger partial charge in [-0.15, -0.1) is 0 Å². The summed E-state index contributed by atoms with van der Waals surface area (Å²) in [5.74, 6) is 0.487. The summed E-state index contributed by atoms with van der Waals surface area (Å²) in [6, 6.07) is 12.0. The molecule has 26 heavy (non-hydrogen) atoms. The van der Waals surface area contributed by atoms with Gasteiger partial charge in [-0.25, -0.2) is 0 Å². The molecule has 0 aliphatic heterocycles. The molecular weight excluding hydrogens is 375 g/mol. The lowest BCUT2D eigenvalue weighted by Crippen LogP contribution is -2.17. The van der Waals surface area contributed by atoms with Crippen molar-refractivity contribution in [2.45, 2.75) is 12.8 Å². The van der Waals surface area contributed by atoms with Crippen molar-refractivity contribution in [1.29, 1.82) is 0 Å². The van der Waals surface area contributed by atoms with Gasteiger partial charge in [0, 0.05) is 28.6 Å². The fourth-order valence-corrected chi connectivity index (χ4v) is 2.89. The maximum absolute atomic E-state index is 12.2. The van der Waals surface area contributed by atoms with Crippen LogP contribution in [0.5, 0.6) is 5.75 Å². The summed E-state index contributed by atoms with van der Waals surface area (Å²) in [6.45, 7) is 0. The van der Waals surface area contributed by atoms with Crippen LogP contribution < -0.4 is 15.6 Å². The van der Waals surface area contributed by atoms with Crippen molar-refractivity contribution in [1.82, 2.24) is 4.98 Å². The zero-order chi connectivity index (χ0) is 18.7. The molecule has 1 heterocycles. The van der Waals surface area contributed by atoms with Crippen LogP contribution in [0.25, 0.3) is 10.9 Å². The second-order valence-electron chi connectivity index (χ2n) is 5.75. The lowest BCUT2D eigenvalue weighted by Gasteiger charge is -2.07. The second kappa shape index (κ2) is 7.81. The Kier molecular flexibility index (Phi) is 5.49. The van der Waals surface area contributed by atoms with E-state index in [2.05, 4.69) is 10.3 Å². The van der Waals surface area contributed by atoms with Gasteiger partial charge in [-0.1, -0.05) is 23.2 Å². The Morgan fingerprint density at radius 2 is 1.92 bits per heavy atom. The minimum absolute atomic E-state index is 0.165. The van der Waals surface area contributed by atoms with Crippen LogP contribution >= 0.6 is 23.2 Å². The predicted molar refractivity (Wildman–Crippen MR) is 105 cm³/mol. The van der Waals surface area contributed by atoms with Crippen LogP contribution in [0.3, 0.4) is 0 Å². The number of ether oxygens (including phenoxy) is 1. The molecule has 3 aromatic rings. The SMILES string of the molecule is COc1ccc2[nH]c(=O)c(CCC(=O)Nc3ccc(Cl)c(Cl)c3)cc2c1. The first-order valence-electron chi connectivity index (χ1n) is 7.91. The Morgan fingerprint density at radius 3 is 2.65 bits per heavy atom. The molecule has 3 rings (SSSR count). The molecule has 2 N–H and O–H groups in total. The standard InChI is InChI=1S/C19H16Cl2N2O3/c1-26-14-4-6-17-12(9-14)8-11(19(25)23-17)2-7-18(24)22-13-3-5-15(20)16(21)10-13/h3-6,8-10H,2,7H2,1H3,(H,22,24)(H,23,25). The topological polar surface area (TPSA) is 71.2 Å². The number of methoxy groups -OCH3 is 1. The zero-order valence-corrected chi connectivity index (χ0v) is 15.4. The largest absolute Gasteiger partial charge is 0.497 e. The molecule has 0 saturated carbocycles. The molecule has 0 fully saturated rings. The lowest BCUT2D eigenvalue weighted by atomic mass is 10.1. The molecule has 7 heteroatoms. The van der Waals surface area contributed by atoms with Gasteiger partial charge in [0.2, 0.25) is 5.91 Å². The molecule has 0 aliphatic carbocycles. The number of fused-ring (bicyclic) bond motifs is 1. The smallest absolute Gasteiger partial charge is 0.251 e. The van der Waals surface area contributed by atoms with Gasteiger partial charge < -0.3 is 15.0 Å². The number of hydrogen-bond donors (Lipinski definition) is 2. The van der Waals surface area contributed by atoms with Gasteiger partial charge >= 0.3 is 0 Å². The summed E-state index contributed by atoms with van der Waals surface area (Å²) in [6.07, 6.45) is 0.481. The summed E-state index contributed by atoms with van der Waals surface area (Å²) in [5.41, 5.74) is 1.61. The summed E-state index contributed by atoms with van der Waals surface area (Å²) in [4.78, 5) is 27.1. The van der Waals surface area contributed by atoms with Gasteiger partial charge in [0.05, 0.1) is 17.2 Å². The third-order valence-electron chi connectivity index (χ3n) is 3.95. The van der Waals surface area contributed by atoms with E-state index in [1.54, 1.807) is 43.5 Å². The molecule has 1 aromatic heterocycles. The van der Waals surface area contributed by atoms with Crippen molar-refractivity contribution < 1.29 is 9.53 Å². The van der Waals surface area contributed by atoms with Crippen LogP contribution in [0.4, 0.5) is 5.69 Å². The maximum atomic E-state index is 12.2. The van der Waals surface area contributed by atoms with Crippen LogP contribution in [0.15, 0.2) is 47.3 Å². The van der Waals surface area contributed by atoms with Crippen LogP contribution in [0.2, 0.25) is 10.0 Å². The number of rotatable bonds is 5. The number of carbonyl (C=O) groups excluding carboxylic acids is 1. The third kappa shape index (κ3) is 4.18. The van der Waals surface area contributed by atoms with E-state index in [0.29, 0.717) is 33.5 Å². The Labute approximate surface area is 159 Å². The van der Waals surface area contributed by atoms with E-state index in [9.17, 15) is 9.59 Å². The third-order valence-corrected chi connectivity index (χ3v) is 4.69. The number of aromatic amines is 1. The molecule has 0 spiro atoms. The first kappa shape index (κ1) is 18.3. The highest BCUT2D eigenvalue weighted by atomic mass is 35.5. The van der Waals surface area contributed by atoms with Gasteiger partial charge in [0.25, 0.3) is 5.56 Å². The van der Waals surface area contributed by atoms with Crippen molar-refractivity contribution >= 4 is 45.7 Å². The van der Waals surface area contributed by atoms with E-state index in [-0.39, 0.29) is 17.9 Å². The summed E-state index contributed by atoms with van der Waals surface area (Å²) >= 11 is 11.8. The second-order valence-corrected chi connectivity index (χ2v) is 6.57. The fraction of sp³-hybridized carbons (Fsp3) is 0.158. The average molecular weight is 391 g/mol. The average Bonchev–Trinajstić information content (AvgIpc) is 2.62. The summed E-state index contributed by atoms with van der Waals surface area (Å²) in [7, 11) is 1.58. The summed E-state index contributed by atoms with van der Waals surface area (Å²) < 4.78 is 5.20. The van der Waals surface area contributed by atoms with Crippen LogP contribution in [-0.4, -0.2) is 18.0 Å². The number of benzene rings is 2. The minimum Gasteiger partial charge on any atom is -0.497 e. The normalized spacial score (nSPS) is 10.7. The number of anilines is 1. The molecule has 0 aliphatic rings. The molecule has 0 unspecified atom stereocenters. The number of amides is 1. The van der Waals surface area contributed by atoms with Crippen molar-refractivity contribution in [3.63, 3.8) is 0 Å². The maximum Gasteiger partial charge on any atom is 0.251 e. The number of aryl methyl sites for hydroxylation is 1. The predicted octanol–water partition coefficient (Wildman–Crippen LogP) is 4.41. The molecule has 0 bridgehead atoms. The number of aromatic nitrogens is 1. The number of pyridine rings is 1. The molecule has 0 saturated heterocycles. The molecular formula is C19H16Cl2N2O3. The van der Waals surface area contributed by atoms with E-state index >= 15 is 0 Å². The first-order valence-corrected chi connectivity index (χ1v) is 8.67. The van der Waals surface area contributed by atoms with E-state index in [1.165, 1.54) is 0 Å². The highest BCUT2D eigenvalue weighted by Crippen LogP contribution is 2.25.